The number of nitrogens with zero attached hydrogens (tertiary/aromatic N) is 5. The van der Waals surface area contributed by atoms with E-state index in [-0.39, 0.29) is 5.92 Å². The molecular formula is C20H19ClN6. The lowest BCUT2D eigenvalue weighted by Gasteiger charge is -2.12. The monoisotopic (exact) mass is 378 g/mol. The zero-order valence-corrected chi connectivity index (χ0v) is 16.1. The number of rotatable bonds is 4. The van der Waals surface area contributed by atoms with Gasteiger partial charge in [-0.2, -0.15) is 9.50 Å². The summed E-state index contributed by atoms with van der Waals surface area (Å²) in [7, 11) is 0. The Bertz CT molecular complexity index is 1100. The first kappa shape index (κ1) is 17.4. The van der Waals surface area contributed by atoms with Crippen LogP contribution in [-0.4, -0.2) is 24.6 Å². The van der Waals surface area contributed by atoms with Crippen molar-refractivity contribution in [1.82, 2.24) is 24.6 Å². The van der Waals surface area contributed by atoms with Gasteiger partial charge in [0.15, 0.2) is 5.82 Å². The normalized spacial score (nSPS) is 11.3. The van der Waals surface area contributed by atoms with Crippen molar-refractivity contribution >= 4 is 28.9 Å². The molecule has 0 aliphatic carbocycles. The quantitative estimate of drug-likeness (QED) is 0.540. The Labute approximate surface area is 162 Å². The number of pyridine rings is 1. The van der Waals surface area contributed by atoms with Gasteiger partial charge in [-0.3, -0.25) is 4.98 Å². The van der Waals surface area contributed by atoms with E-state index < -0.39 is 0 Å². The van der Waals surface area contributed by atoms with Crippen molar-refractivity contribution in [3.8, 4) is 11.4 Å². The van der Waals surface area contributed by atoms with Gasteiger partial charge in [-0.1, -0.05) is 31.5 Å². The van der Waals surface area contributed by atoms with Gasteiger partial charge in [-0.25, -0.2) is 4.98 Å². The Kier molecular flexibility index (Phi) is 4.49. The minimum absolute atomic E-state index is 0.260. The third-order valence-corrected chi connectivity index (χ3v) is 4.69. The first-order chi connectivity index (χ1) is 13.0. The maximum absolute atomic E-state index is 6.27. The zero-order valence-electron chi connectivity index (χ0n) is 15.3. The number of halogens is 1. The predicted molar refractivity (Wildman–Crippen MR) is 108 cm³/mol. The fourth-order valence-corrected chi connectivity index (χ4v) is 2.89. The van der Waals surface area contributed by atoms with Gasteiger partial charge in [0, 0.05) is 34.7 Å². The summed E-state index contributed by atoms with van der Waals surface area (Å²) in [5, 5.41) is 8.73. The minimum Gasteiger partial charge on any atom is -0.340 e. The van der Waals surface area contributed by atoms with E-state index in [4.69, 9.17) is 11.6 Å². The molecule has 4 rings (SSSR count). The third-order valence-electron chi connectivity index (χ3n) is 4.29. The second-order valence-corrected chi connectivity index (χ2v) is 7.11. The highest BCUT2D eigenvalue weighted by Gasteiger charge is 2.14. The number of aryl methyl sites for hydroxylation is 1. The minimum atomic E-state index is 0.260. The molecule has 0 aliphatic rings. The van der Waals surface area contributed by atoms with Crippen LogP contribution in [0.2, 0.25) is 5.02 Å². The third kappa shape index (κ3) is 3.48. The fourth-order valence-electron chi connectivity index (χ4n) is 2.71. The molecule has 0 unspecified atom stereocenters. The molecule has 0 saturated carbocycles. The molecule has 1 N–H and O–H groups in total. The van der Waals surface area contributed by atoms with Crippen LogP contribution in [0, 0.1) is 6.92 Å². The molecule has 136 valence electrons. The van der Waals surface area contributed by atoms with E-state index in [1.165, 1.54) is 0 Å². The first-order valence-corrected chi connectivity index (χ1v) is 9.10. The van der Waals surface area contributed by atoms with Gasteiger partial charge >= 0.3 is 0 Å². The van der Waals surface area contributed by atoms with Crippen molar-refractivity contribution in [3.63, 3.8) is 0 Å². The van der Waals surface area contributed by atoms with Crippen molar-refractivity contribution in [2.45, 2.75) is 26.7 Å². The number of anilines is 2. The van der Waals surface area contributed by atoms with Crippen LogP contribution in [0.1, 0.15) is 31.0 Å². The van der Waals surface area contributed by atoms with Gasteiger partial charge in [0.05, 0.1) is 5.69 Å². The maximum atomic E-state index is 6.27. The summed E-state index contributed by atoms with van der Waals surface area (Å²) in [5.74, 6) is 2.17. The van der Waals surface area contributed by atoms with Gasteiger partial charge in [-0.05, 0) is 42.7 Å². The molecule has 7 heteroatoms. The highest BCUT2D eigenvalue weighted by molar-refractivity contribution is 6.31. The molecule has 1 aromatic carbocycles. The first-order valence-electron chi connectivity index (χ1n) is 8.72. The molecule has 0 fully saturated rings. The Morgan fingerprint density at radius 1 is 1.11 bits per heavy atom. The van der Waals surface area contributed by atoms with E-state index in [1.807, 2.05) is 43.3 Å². The van der Waals surface area contributed by atoms with Crippen LogP contribution in [0.3, 0.4) is 0 Å². The van der Waals surface area contributed by atoms with Crippen molar-refractivity contribution in [3.05, 3.63) is 65.1 Å². The summed E-state index contributed by atoms with van der Waals surface area (Å²) in [6, 6.07) is 11.7. The van der Waals surface area contributed by atoms with Crippen LogP contribution in [-0.2, 0) is 0 Å². The van der Waals surface area contributed by atoms with Gasteiger partial charge in [0.25, 0.3) is 5.78 Å². The van der Waals surface area contributed by atoms with E-state index >= 15 is 0 Å². The molecule has 3 aromatic heterocycles. The number of benzene rings is 1. The van der Waals surface area contributed by atoms with E-state index in [1.54, 1.807) is 16.9 Å². The fraction of sp³-hybridized carbons (Fsp3) is 0.200. The second-order valence-electron chi connectivity index (χ2n) is 6.70. The topological polar surface area (TPSA) is 68.0 Å². The number of fused-ring (bicyclic) bond motifs is 1. The van der Waals surface area contributed by atoms with Crippen LogP contribution >= 0.6 is 11.6 Å². The van der Waals surface area contributed by atoms with E-state index in [2.05, 4.69) is 39.2 Å². The predicted octanol–water partition coefficient (Wildman–Crippen LogP) is 5.02. The molecule has 0 bridgehead atoms. The van der Waals surface area contributed by atoms with Crippen molar-refractivity contribution in [1.29, 1.82) is 0 Å². The SMILES string of the molecule is Cc1ccc(Nc2cc(C(C)C)nc3nc(-c4cccnc4)nn23)cc1Cl. The van der Waals surface area contributed by atoms with Gasteiger partial charge in [-0.15, -0.1) is 5.10 Å². The Hall–Kier alpha value is -2.99. The molecule has 6 nitrogen and oxygen atoms in total. The van der Waals surface area contributed by atoms with Crippen LogP contribution in [0.15, 0.2) is 48.8 Å². The van der Waals surface area contributed by atoms with E-state index in [9.17, 15) is 0 Å². The second kappa shape index (κ2) is 6.96. The highest BCUT2D eigenvalue weighted by Crippen LogP contribution is 2.26. The average Bonchev–Trinajstić information content (AvgIpc) is 3.10. The Morgan fingerprint density at radius 2 is 1.96 bits per heavy atom. The number of nitrogens with one attached hydrogen (secondary N) is 1. The summed E-state index contributed by atoms with van der Waals surface area (Å²) in [4.78, 5) is 13.4. The largest absolute Gasteiger partial charge is 0.340 e. The van der Waals surface area contributed by atoms with Crippen LogP contribution < -0.4 is 5.32 Å². The molecule has 0 atom stereocenters. The average molecular weight is 379 g/mol. The summed E-state index contributed by atoms with van der Waals surface area (Å²) >= 11 is 6.27. The van der Waals surface area contributed by atoms with Crippen molar-refractivity contribution in [2.24, 2.45) is 0 Å². The van der Waals surface area contributed by atoms with Crippen molar-refractivity contribution < 1.29 is 0 Å². The Balaban J connectivity index is 1.84. The summed E-state index contributed by atoms with van der Waals surface area (Å²) in [6.45, 7) is 6.18. The molecule has 0 saturated heterocycles. The molecule has 0 aliphatic heterocycles. The summed E-state index contributed by atoms with van der Waals surface area (Å²) in [5.41, 5.74) is 3.70. The summed E-state index contributed by atoms with van der Waals surface area (Å²) in [6.07, 6.45) is 3.47. The lowest BCUT2D eigenvalue weighted by molar-refractivity contribution is 0.809. The van der Waals surface area contributed by atoms with E-state index in [0.717, 1.165) is 28.3 Å². The maximum Gasteiger partial charge on any atom is 0.254 e. The molecule has 27 heavy (non-hydrogen) atoms. The summed E-state index contributed by atoms with van der Waals surface area (Å²) < 4.78 is 1.71. The molecule has 0 radical (unpaired) electrons. The molecule has 0 spiro atoms. The van der Waals surface area contributed by atoms with E-state index in [0.29, 0.717) is 16.6 Å². The molecule has 4 aromatic rings. The number of aromatic nitrogens is 5. The molecule has 3 heterocycles. The highest BCUT2D eigenvalue weighted by atomic mass is 35.5. The lowest BCUT2D eigenvalue weighted by atomic mass is 10.1. The van der Waals surface area contributed by atoms with Crippen LogP contribution in [0.5, 0.6) is 0 Å². The standard InChI is InChI=1S/C20H19ClN6/c1-12(2)17-10-18(23-15-7-6-13(3)16(21)9-15)27-20(24-17)25-19(26-27)14-5-4-8-22-11-14/h4-12,23H,1-3H3. The van der Waals surface area contributed by atoms with Crippen LogP contribution in [0.25, 0.3) is 17.2 Å². The van der Waals surface area contributed by atoms with Crippen LogP contribution in [0.4, 0.5) is 11.5 Å². The molecule has 0 amide bonds. The van der Waals surface area contributed by atoms with Gasteiger partial charge < -0.3 is 5.32 Å². The Morgan fingerprint density at radius 3 is 2.67 bits per heavy atom. The lowest BCUT2D eigenvalue weighted by Crippen LogP contribution is -2.05. The zero-order chi connectivity index (χ0) is 19.0. The van der Waals surface area contributed by atoms with Crippen molar-refractivity contribution in [2.75, 3.05) is 5.32 Å². The smallest absolute Gasteiger partial charge is 0.254 e. The van der Waals surface area contributed by atoms with Gasteiger partial charge in [0.2, 0.25) is 0 Å². The molecular weight excluding hydrogens is 360 g/mol. The number of hydrogen-bond acceptors (Lipinski definition) is 5. The van der Waals surface area contributed by atoms with Gasteiger partial charge in [0.1, 0.15) is 5.82 Å². The number of hydrogen-bond donors (Lipinski definition) is 1.